The summed E-state index contributed by atoms with van der Waals surface area (Å²) in [5.74, 6) is 0. The van der Waals surface area contributed by atoms with Crippen LogP contribution in [0.3, 0.4) is 0 Å². The van der Waals surface area contributed by atoms with Gasteiger partial charge >= 0.3 is 0 Å². The van der Waals surface area contributed by atoms with Crippen molar-refractivity contribution in [2.45, 2.75) is 12.8 Å². The van der Waals surface area contributed by atoms with Crippen LogP contribution >= 0.6 is 0 Å². The van der Waals surface area contributed by atoms with Gasteiger partial charge in [0.1, 0.15) is 0 Å². The van der Waals surface area contributed by atoms with Crippen molar-refractivity contribution in [3.8, 4) is 0 Å². The summed E-state index contributed by atoms with van der Waals surface area (Å²) in [6.07, 6.45) is 2.40. The van der Waals surface area contributed by atoms with Crippen LogP contribution in [0.25, 0.3) is 0 Å². The van der Waals surface area contributed by atoms with Crippen LogP contribution in [0.15, 0.2) is 30.3 Å². The van der Waals surface area contributed by atoms with E-state index in [9.17, 15) is 0 Å². The van der Waals surface area contributed by atoms with E-state index in [-0.39, 0.29) is 0 Å². The molecule has 0 spiro atoms. The van der Waals surface area contributed by atoms with Gasteiger partial charge in [-0.15, -0.1) is 0 Å². The normalized spacial score (nSPS) is 18.7. The van der Waals surface area contributed by atoms with Gasteiger partial charge in [-0.2, -0.15) is 0 Å². The Balaban J connectivity index is 1.77. The third kappa shape index (κ3) is 3.65. The van der Waals surface area contributed by atoms with Gasteiger partial charge in [-0.3, -0.25) is 0 Å². The Kier molecular flexibility index (Phi) is 4.18. The minimum atomic E-state index is 1.02. The Bertz CT molecular complexity index is 263. The fourth-order valence-corrected chi connectivity index (χ4v) is 2.00. The molecule has 2 heteroatoms. The summed E-state index contributed by atoms with van der Waals surface area (Å²) in [5.41, 5.74) is 1.44. The molecule has 1 aromatic carbocycles. The second kappa shape index (κ2) is 5.89. The summed E-state index contributed by atoms with van der Waals surface area (Å²) in [7, 11) is 0. The lowest BCUT2D eigenvalue weighted by Gasteiger charge is -2.18. The summed E-state index contributed by atoms with van der Waals surface area (Å²) in [6, 6.07) is 10.7. The maximum Gasteiger partial charge on any atom is 0.0261 e. The molecular weight excluding hydrogens is 184 g/mol. The lowest BCUT2D eigenvalue weighted by Crippen LogP contribution is -2.29. The van der Waals surface area contributed by atoms with Gasteiger partial charge in [0.25, 0.3) is 0 Å². The van der Waals surface area contributed by atoms with Crippen LogP contribution in [-0.2, 0) is 6.42 Å². The lowest BCUT2D eigenvalue weighted by atomic mass is 10.1. The van der Waals surface area contributed by atoms with Gasteiger partial charge in [-0.05, 0) is 24.9 Å². The van der Waals surface area contributed by atoms with Crippen LogP contribution in [0, 0.1) is 0 Å². The van der Waals surface area contributed by atoms with Crippen LogP contribution in [0.2, 0.25) is 0 Å². The SMILES string of the molecule is c1ccc(CCN2CCC[N]CC2)cc1. The molecule has 0 unspecified atom stereocenters. The maximum absolute atomic E-state index is 4.43. The van der Waals surface area contributed by atoms with Gasteiger partial charge in [0, 0.05) is 26.2 Å². The topological polar surface area (TPSA) is 17.3 Å². The first-order valence-corrected chi connectivity index (χ1v) is 5.85. The minimum absolute atomic E-state index is 1.02. The zero-order valence-corrected chi connectivity index (χ0v) is 9.23. The van der Waals surface area contributed by atoms with Gasteiger partial charge < -0.3 is 4.90 Å². The van der Waals surface area contributed by atoms with Crippen LogP contribution < -0.4 is 5.32 Å². The van der Waals surface area contributed by atoms with E-state index in [0.717, 1.165) is 19.6 Å². The average molecular weight is 203 g/mol. The van der Waals surface area contributed by atoms with Gasteiger partial charge in [0.15, 0.2) is 0 Å². The van der Waals surface area contributed by atoms with Crippen molar-refractivity contribution in [3.63, 3.8) is 0 Å². The highest BCUT2D eigenvalue weighted by molar-refractivity contribution is 5.14. The molecule has 0 aliphatic carbocycles. The largest absolute Gasteiger partial charge is 0.302 e. The first-order valence-electron chi connectivity index (χ1n) is 5.85. The molecule has 1 radical (unpaired) electrons. The van der Waals surface area contributed by atoms with Crippen LogP contribution in [0.1, 0.15) is 12.0 Å². The molecule has 81 valence electrons. The summed E-state index contributed by atoms with van der Waals surface area (Å²) >= 11 is 0. The quantitative estimate of drug-likeness (QED) is 0.728. The molecule has 2 nitrogen and oxygen atoms in total. The predicted molar refractivity (Wildman–Crippen MR) is 63.1 cm³/mol. The van der Waals surface area contributed by atoms with Crippen molar-refractivity contribution in [2.24, 2.45) is 0 Å². The van der Waals surface area contributed by atoms with Crippen molar-refractivity contribution < 1.29 is 0 Å². The number of hydrogen-bond acceptors (Lipinski definition) is 1. The van der Waals surface area contributed by atoms with Gasteiger partial charge in [-0.1, -0.05) is 30.3 Å². The lowest BCUT2D eigenvalue weighted by molar-refractivity contribution is 0.296. The maximum atomic E-state index is 4.43. The highest BCUT2D eigenvalue weighted by atomic mass is 15.1. The third-order valence-electron chi connectivity index (χ3n) is 2.92. The first kappa shape index (κ1) is 10.7. The van der Waals surface area contributed by atoms with E-state index in [1.165, 1.54) is 31.5 Å². The molecule has 1 fully saturated rings. The highest BCUT2D eigenvalue weighted by Gasteiger charge is 2.08. The molecule has 0 atom stereocenters. The molecule has 0 saturated carbocycles. The van der Waals surface area contributed by atoms with E-state index < -0.39 is 0 Å². The third-order valence-corrected chi connectivity index (χ3v) is 2.92. The molecule has 0 bridgehead atoms. The minimum Gasteiger partial charge on any atom is -0.302 e. The van der Waals surface area contributed by atoms with E-state index in [1.54, 1.807) is 0 Å². The summed E-state index contributed by atoms with van der Waals surface area (Å²) in [6.45, 7) is 5.62. The van der Waals surface area contributed by atoms with Gasteiger partial charge in [0.05, 0.1) is 0 Å². The summed E-state index contributed by atoms with van der Waals surface area (Å²) in [4.78, 5) is 2.53. The molecule has 0 amide bonds. The monoisotopic (exact) mass is 203 g/mol. The predicted octanol–water partition coefficient (Wildman–Crippen LogP) is 1.54. The molecule has 0 N–H and O–H groups in total. The van der Waals surface area contributed by atoms with Crippen LogP contribution in [0.5, 0.6) is 0 Å². The van der Waals surface area contributed by atoms with Crippen molar-refractivity contribution >= 4 is 0 Å². The zero-order chi connectivity index (χ0) is 10.3. The number of hydrogen-bond donors (Lipinski definition) is 0. The molecule has 1 saturated heterocycles. The first-order chi connectivity index (χ1) is 7.45. The van der Waals surface area contributed by atoms with E-state index in [2.05, 4.69) is 40.5 Å². The van der Waals surface area contributed by atoms with Gasteiger partial charge in [-0.25, -0.2) is 5.32 Å². The van der Waals surface area contributed by atoms with Crippen LogP contribution in [-0.4, -0.2) is 37.6 Å². The van der Waals surface area contributed by atoms with Crippen molar-refractivity contribution in [1.82, 2.24) is 10.2 Å². The number of nitrogens with zero attached hydrogens (tertiary/aromatic N) is 2. The molecule has 1 heterocycles. The van der Waals surface area contributed by atoms with E-state index in [1.807, 2.05) is 0 Å². The molecule has 1 aliphatic rings. The Morgan fingerprint density at radius 3 is 2.80 bits per heavy atom. The Morgan fingerprint density at radius 1 is 1.07 bits per heavy atom. The van der Waals surface area contributed by atoms with Crippen molar-refractivity contribution in [2.75, 3.05) is 32.7 Å². The fourth-order valence-electron chi connectivity index (χ4n) is 2.00. The molecule has 2 rings (SSSR count). The molecule has 1 aromatic rings. The van der Waals surface area contributed by atoms with E-state index in [4.69, 9.17) is 0 Å². The van der Waals surface area contributed by atoms with Gasteiger partial charge in [0.2, 0.25) is 0 Å². The molecule has 1 aliphatic heterocycles. The number of rotatable bonds is 3. The van der Waals surface area contributed by atoms with Crippen molar-refractivity contribution in [1.29, 1.82) is 0 Å². The highest BCUT2D eigenvalue weighted by Crippen LogP contribution is 2.03. The molecule has 0 aromatic heterocycles. The van der Waals surface area contributed by atoms with Crippen LogP contribution in [0.4, 0.5) is 0 Å². The van der Waals surface area contributed by atoms with E-state index in [0.29, 0.717) is 0 Å². The Labute approximate surface area is 92.3 Å². The smallest absolute Gasteiger partial charge is 0.0261 e. The molecule has 15 heavy (non-hydrogen) atoms. The second-order valence-corrected chi connectivity index (χ2v) is 4.10. The summed E-state index contributed by atoms with van der Waals surface area (Å²) < 4.78 is 0. The summed E-state index contributed by atoms with van der Waals surface area (Å²) in [5, 5.41) is 4.43. The van der Waals surface area contributed by atoms with Crippen molar-refractivity contribution in [3.05, 3.63) is 35.9 Å². The Hall–Kier alpha value is -0.860. The zero-order valence-electron chi connectivity index (χ0n) is 9.23. The van der Waals surface area contributed by atoms with E-state index >= 15 is 0 Å². The standard InChI is InChI=1S/C13H19N2/c1-2-5-13(6-3-1)7-11-15-10-4-8-14-9-12-15/h1-3,5-6H,4,7-12H2. The Morgan fingerprint density at radius 2 is 1.93 bits per heavy atom. The molecular formula is C13H19N2. The fraction of sp³-hybridized carbons (Fsp3) is 0.538. The number of benzene rings is 1. The average Bonchev–Trinajstić information content (AvgIpc) is 2.56. The second-order valence-electron chi connectivity index (χ2n) is 4.10.